The lowest BCUT2D eigenvalue weighted by molar-refractivity contribution is -0.141. The Morgan fingerprint density at radius 2 is 2.11 bits per heavy atom. The Balaban J connectivity index is 2.75. The highest BCUT2D eigenvalue weighted by atomic mass is 16.5. The van der Waals surface area contributed by atoms with E-state index < -0.39 is 11.9 Å². The van der Waals surface area contributed by atoms with E-state index in [0.29, 0.717) is 24.5 Å². The Kier molecular flexibility index (Phi) is 5.30. The third kappa shape index (κ3) is 3.55. The van der Waals surface area contributed by atoms with E-state index in [0.717, 1.165) is 5.69 Å². The summed E-state index contributed by atoms with van der Waals surface area (Å²) in [5.74, 6) is 0.131. The zero-order valence-electron chi connectivity index (χ0n) is 10.9. The van der Waals surface area contributed by atoms with Gasteiger partial charge in [-0.15, -0.1) is 0 Å². The van der Waals surface area contributed by atoms with Gasteiger partial charge in [0.05, 0.1) is 25.8 Å². The van der Waals surface area contributed by atoms with Gasteiger partial charge in [0.15, 0.2) is 0 Å². The topological polar surface area (TPSA) is 67.8 Å². The molecule has 100 valence electrons. The molecule has 0 heterocycles. The molecule has 0 amide bonds. The number of rotatable bonds is 7. The average molecular weight is 253 g/mol. The minimum atomic E-state index is -0.794. The normalized spacial score (nSPS) is 11.7. The zero-order valence-corrected chi connectivity index (χ0v) is 10.9. The summed E-state index contributed by atoms with van der Waals surface area (Å²) in [6.45, 7) is 2.22. The SMILES string of the molecule is CCC(CNc1ccc(OC)cc1OC)C(=O)O. The summed E-state index contributed by atoms with van der Waals surface area (Å²) >= 11 is 0. The van der Waals surface area contributed by atoms with Crippen LogP contribution in [-0.4, -0.2) is 31.8 Å². The van der Waals surface area contributed by atoms with E-state index in [-0.39, 0.29) is 0 Å². The molecule has 1 aromatic carbocycles. The minimum absolute atomic E-state index is 0.370. The van der Waals surface area contributed by atoms with Crippen LogP contribution in [0.15, 0.2) is 18.2 Å². The van der Waals surface area contributed by atoms with Crippen LogP contribution in [0, 0.1) is 5.92 Å². The predicted octanol–water partition coefficient (Wildman–Crippen LogP) is 2.23. The monoisotopic (exact) mass is 253 g/mol. The standard InChI is InChI=1S/C13H19NO4/c1-4-9(13(15)16)8-14-11-6-5-10(17-2)7-12(11)18-3/h5-7,9,14H,4,8H2,1-3H3,(H,15,16). The predicted molar refractivity (Wildman–Crippen MR) is 69.5 cm³/mol. The van der Waals surface area contributed by atoms with Crippen molar-refractivity contribution in [3.05, 3.63) is 18.2 Å². The van der Waals surface area contributed by atoms with E-state index in [4.69, 9.17) is 14.6 Å². The number of nitrogens with one attached hydrogen (secondary N) is 1. The first kappa shape index (κ1) is 14.2. The van der Waals surface area contributed by atoms with Gasteiger partial charge in [-0.3, -0.25) is 4.79 Å². The largest absolute Gasteiger partial charge is 0.497 e. The number of carboxylic acids is 1. The lowest BCUT2D eigenvalue weighted by atomic mass is 10.1. The fraction of sp³-hybridized carbons (Fsp3) is 0.462. The smallest absolute Gasteiger partial charge is 0.308 e. The molecule has 2 N–H and O–H groups in total. The van der Waals surface area contributed by atoms with E-state index in [9.17, 15) is 4.79 Å². The Labute approximate surface area is 107 Å². The lowest BCUT2D eigenvalue weighted by Crippen LogP contribution is -2.22. The molecule has 0 spiro atoms. The molecule has 5 heteroatoms. The molecular formula is C13H19NO4. The van der Waals surface area contributed by atoms with Crippen molar-refractivity contribution >= 4 is 11.7 Å². The van der Waals surface area contributed by atoms with Crippen molar-refractivity contribution in [1.82, 2.24) is 0 Å². The van der Waals surface area contributed by atoms with Crippen molar-refractivity contribution in [2.75, 3.05) is 26.1 Å². The van der Waals surface area contributed by atoms with Crippen LogP contribution in [0.25, 0.3) is 0 Å². The van der Waals surface area contributed by atoms with Crippen molar-refractivity contribution in [2.24, 2.45) is 5.92 Å². The summed E-state index contributed by atoms with van der Waals surface area (Å²) < 4.78 is 10.3. The highest BCUT2D eigenvalue weighted by molar-refractivity contribution is 5.71. The Bertz CT molecular complexity index is 406. The maximum atomic E-state index is 10.9. The van der Waals surface area contributed by atoms with Crippen LogP contribution in [0.4, 0.5) is 5.69 Å². The number of hydrogen-bond donors (Lipinski definition) is 2. The molecule has 0 bridgehead atoms. The van der Waals surface area contributed by atoms with Gasteiger partial charge in [0.1, 0.15) is 11.5 Å². The highest BCUT2D eigenvalue weighted by Crippen LogP contribution is 2.29. The van der Waals surface area contributed by atoms with Crippen LogP contribution < -0.4 is 14.8 Å². The number of benzene rings is 1. The molecule has 1 atom stereocenters. The molecule has 0 aliphatic rings. The van der Waals surface area contributed by atoms with Gasteiger partial charge in [0.2, 0.25) is 0 Å². The van der Waals surface area contributed by atoms with Crippen LogP contribution in [0.2, 0.25) is 0 Å². The molecule has 0 saturated heterocycles. The summed E-state index contributed by atoms with van der Waals surface area (Å²) in [5, 5.41) is 12.1. The number of anilines is 1. The zero-order chi connectivity index (χ0) is 13.5. The Morgan fingerprint density at radius 1 is 1.39 bits per heavy atom. The summed E-state index contributed by atoms with van der Waals surface area (Å²) in [7, 11) is 3.15. The summed E-state index contributed by atoms with van der Waals surface area (Å²) in [6.07, 6.45) is 0.584. The third-order valence-electron chi connectivity index (χ3n) is 2.79. The highest BCUT2D eigenvalue weighted by Gasteiger charge is 2.15. The quantitative estimate of drug-likeness (QED) is 0.780. The molecule has 0 aliphatic heterocycles. The summed E-state index contributed by atoms with van der Waals surface area (Å²) in [4.78, 5) is 10.9. The Morgan fingerprint density at radius 3 is 2.61 bits per heavy atom. The van der Waals surface area contributed by atoms with E-state index >= 15 is 0 Å². The Hall–Kier alpha value is -1.91. The molecule has 0 radical (unpaired) electrons. The maximum Gasteiger partial charge on any atom is 0.308 e. The molecule has 0 aromatic heterocycles. The van der Waals surface area contributed by atoms with E-state index in [2.05, 4.69) is 5.32 Å². The molecule has 5 nitrogen and oxygen atoms in total. The molecule has 0 aliphatic carbocycles. The van der Waals surface area contributed by atoms with Crippen LogP contribution in [0.1, 0.15) is 13.3 Å². The van der Waals surface area contributed by atoms with Gasteiger partial charge in [-0.05, 0) is 18.6 Å². The molecule has 1 unspecified atom stereocenters. The van der Waals surface area contributed by atoms with Gasteiger partial charge in [-0.2, -0.15) is 0 Å². The number of carbonyl (C=O) groups is 1. The van der Waals surface area contributed by atoms with Gasteiger partial charge >= 0.3 is 5.97 Å². The van der Waals surface area contributed by atoms with Gasteiger partial charge in [-0.1, -0.05) is 6.92 Å². The van der Waals surface area contributed by atoms with Gasteiger partial charge in [0, 0.05) is 12.6 Å². The van der Waals surface area contributed by atoms with Crippen LogP contribution >= 0.6 is 0 Å². The minimum Gasteiger partial charge on any atom is -0.497 e. The molecular weight excluding hydrogens is 234 g/mol. The van der Waals surface area contributed by atoms with E-state index in [1.54, 1.807) is 26.4 Å². The van der Waals surface area contributed by atoms with Gasteiger partial charge in [0.25, 0.3) is 0 Å². The number of hydrogen-bond acceptors (Lipinski definition) is 4. The van der Waals surface area contributed by atoms with Crippen LogP contribution in [0.3, 0.4) is 0 Å². The first-order valence-electron chi connectivity index (χ1n) is 5.81. The summed E-state index contributed by atoms with van der Waals surface area (Å²) in [5.41, 5.74) is 0.762. The van der Waals surface area contributed by atoms with E-state index in [1.807, 2.05) is 13.0 Å². The number of methoxy groups -OCH3 is 2. The van der Waals surface area contributed by atoms with Crippen molar-refractivity contribution < 1.29 is 19.4 Å². The second kappa shape index (κ2) is 6.74. The summed E-state index contributed by atoms with van der Waals surface area (Å²) in [6, 6.07) is 5.36. The third-order valence-corrected chi connectivity index (χ3v) is 2.79. The second-order valence-corrected chi connectivity index (χ2v) is 3.89. The number of ether oxygens (including phenoxy) is 2. The van der Waals surface area contributed by atoms with Gasteiger partial charge < -0.3 is 19.9 Å². The van der Waals surface area contributed by atoms with Crippen molar-refractivity contribution in [1.29, 1.82) is 0 Å². The first-order chi connectivity index (χ1) is 8.62. The molecule has 0 saturated carbocycles. The van der Waals surface area contributed by atoms with Crippen LogP contribution in [-0.2, 0) is 4.79 Å². The molecule has 0 fully saturated rings. The van der Waals surface area contributed by atoms with Crippen molar-refractivity contribution in [3.8, 4) is 11.5 Å². The molecule has 18 heavy (non-hydrogen) atoms. The number of aliphatic carboxylic acids is 1. The number of carboxylic acid groups (broad SMARTS) is 1. The van der Waals surface area contributed by atoms with Crippen LogP contribution in [0.5, 0.6) is 11.5 Å². The average Bonchev–Trinajstić information content (AvgIpc) is 2.39. The lowest BCUT2D eigenvalue weighted by Gasteiger charge is -2.15. The van der Waals surface area contributed by atoms with E-state index in [1.165, 1.54) is 0 Å². The fourth-order valence-corrected chi connectivity index (χ4v) is 1.58. The van der Waals surface area contributed by atoms with Gasteiger partial charge in [-0.25, -0.2) is 0 Å². The van der Waals surface area contributed by atoms with Crippen molar-refractivity contribution in [2.45, 2.75) is 13.3 Å². The van der Waals surface area contributed by atoms with Crippen molar-refractivity contribution in [3.63, 3.8) is 0 Å². The molecule has 1 aromatic rings. The first-order valence-corrected chi connectivity index (χ1v) is 5.81. The second-order valence-electron chi connectivity index (χ2n) is 3.89. The maximum absolute atomic E-state index is 10.9. The fourth-order valence-electron chi connectivity index (χ4n) is 1.58. The molecule has 1 rings (SSSR count).